The Bertz CT molecular complexity index is 645. The molecular weight excluding hydrogens is 302 g/mol. The lowest BCUT2D eigenvalue weighted by atomic mass is 10.1. The van der Waals surface area contributed by atoms with Crippen molar-refractivity contribution in [3.05, 3.63) is 48.0 Å². The minimum Gasteiger partial charge on any atom is -0.466 e. The summed E-state index contributed by atoms with van der Waals surface area (Å²) in [6.07, 6.45) is 1.64. The molecule has 0 heterocycles. The van der Waals surface area contributed by atoms with Gasteiger partial charge in [-0.2, -0.15) is 0 Å². The average molecular weight is 324 g/mol. The molecule has 1 atom stereocenters. The fourth-order valence-corrected chi connectivity index (χ4v) is 1.56. The Hall–Kier alpha value is -2.67. The standard InChI is InChI=1S/C16H19NO6/c1-21-14(18)7-8-15(19)22-9-10-23-16(20)13(17)11-12-5-3-2-4-6-12/h2-8,13H,9-11,17H2,1H3/b8-7+/t13-/m0/s1/i1D3. The molecule has 1 aromatic carbocycles. The first kappa shape index (κ1) is 14.0. The van der Waals surface area contributed by atoms with Gasteiger partial charge in [-0.05, 0) is 12.0 Å². The molecule has 0 aliphatic heterocycles. The molecule has 0 aliphatic rings. The van der Waals surface area contributed by atoms with Crippen LogP contribution >= 0.6 is 0 Å². The zero-order valence-electron chi connectivity index (χ0n) is 15.3. The summed E-state index contributed by atoms with van der Waals surface area (Å²) in [6, 6.07) is 8.32. The number of esters is 3. The van der Waals surface area contributed by atoms with Crippen molar-refractivity contribution < 1.29 is 32.7 Å². The molecule has 23 heavy (non-hydrogen) atoms. The highest BCUT2D eigenvalue weighted by molar-refractivity contribution is 5.91. The van der Waals surface area contributed by atoms with Gasteiger partial charge in [0, 0.05) is 12.2 Å². The quantitative estimate of drug-likeness (QED) is 0.319. The smallest absolute Gasteiger partial charge is 0.331 e. The van der Waals surface area contributed by atoms with Crippen LogP contribution in [0.5, 0.6) is 0 Å². The van der Waals surface area contributed by atoms with Crippen molar-refractivity contribution in [2.24, 2.45) is 5.73 Å². The number of nitrogens with two attached hydrogens (primary N) is 1. The minimum absolute atomic E-state index is 0.208. The van der Waals surface area contributed by atoms with Crippen molar-refractivity contribution >= 4 is 17.9 Å². The lowest BCUT2D eigenvalue weighted by molar-refractivity contribution is -0.150. The predicted octanol–water partition coefficient (Wildman–Crippen LogP) is 0.372. The van der Waals surface area contributed by atoms with Gasteiger partial charge in [-0.3, -0.25) is 4.79 Å². The largest absolute Gasteiger partial charge is 0.466 e. The van der Waals surface area contributed by atoms with E-state index in [9.17, 15) is 14.4 Å². The Morgan fingerprint density at radius 3 is 2.48 bits per heavy atom. The molecule has 7 heteroatoms. The van der Waals surface area contributed by atoms with Crippen LogP contribution in [0.3, 0.4) is 0 Å². The van der Waals surface area contributed by atoms with Gasteiger partial charge in [0.25, 0.3) is 0 Å². The van der Waals surface area contributed by atoms with Gasteiger partial charge in [0.1, 0.15) is 19.3 Å². The van der Waals surface area contributed by atoms with Gasteiger partial charge >= 0.3 is 17.9 Å². The molecule has 0 bridgehead atoms. The van der Waals surface area contributed by atoms with Crippen LogP contribution in [0.15, 0.2) is 42.5 Å². The number of hydrogen-bond acceptors (Lipinski definition) is 7. The maximum atomic E-state index is 11.7. The van der Waals surface area contributed by atoms with Crippen LogP contribution in [0.25, 0.3) is 0 Å². The Labute approximate surface area is 138 Å². The van der Waals surface area contributed by atoms with Gasteiger partial charge in [0.15, 0.2) is 0 Å². The van der Waals surface area contributed by atoms with E-state index in [2.05, 4.69) is 9.47 Å². The lowest BCUT2D eigenvalue weighted by Crippen LogP contribution is -2.35. The predicted molar refractivity (Wildman–Crippen MR) is 81.2 cm³/mol. The van der Waals surface area contributed by atoms with Crippen molar-refractivity contribution in [2.45, 2.75) is 12.5 Å². The summed E-state index contributed by atoms with van der Waals surface area (Å²) in [7, 11) is -2.89. The van der Waals surface area contributed by atoms with Crippen LogP contribution in [-0.2, 0) is 35.0 Å². The first-order chi connectivity index (χ1) is 12.2. The third kappa shape index (κ3) is 7.77. The van der Waals surface area contributed by atoms with Crippen molar-refractivity contribution in [2.75, 3.05) is 20.3 Å². The van der Waals surface area contributed by atoms with Crippen LogP contribution in [-0.4, -0.2) is 44.2 Å². The molecule has 0 unspecified atom stereocenters. The summed E-state index contributed by atoms with van der Waals surface area (Å²) in [5, 5.41) is 0. The maximum absolute atomic E-state index is 11.7. The van der Waals surface area contributed by atoms with Gasteiger partial charge in [-0.15, -0.1) is 0 Å². The Morgan fingerprint density at radius 1 is 1.13 bits per heavy atom. The van der Waals surface area contributed by atoms with Gasteiger partial charge in [0.2, 0.25) is 0 Å². The normalized spacial score (nSPS) is 14.2. The second kappa shape index (κ2) is 10.1. The summed E-state index contributed by atoms with van der Waals surface area (Å²) >= 11 is 0. The van der Waals surface area contributed by atoms with Crippen molar-refractivity contribution in [1.29, 1.82) is 0 Å². The molecule has 0 radical (unpaired) electrons. The van der Waals surface area contributed by atoms with Crippen LogP contribution in [0.2, 0.25) is 0 Å². The van der Waals surface area contributed by atoms with Gasteiger partial charge < -0.3 is 19.9 Å². The van der Waals surface area contributed by atoms with Crippen LogP contribution in [0.4, 0.5) is 0 Å². The van der Waals surface area contributed by atoms with E-state index >= 15 is 0 Å². The number of benzene rings is 1. The van der Waals surface area contributed by atoms with Crippen molar-refractivity contribution in [1.82, 2.24) is 0 Å². The Morgan fingerprint density at radius 2 is 1.78 bits per heavy atom. The molecule has 0 saturated carbocycles. The SMILES string of the molecule is [2H]C([2H])([2H])OC(=O)/C=C/C(=O)OCCOC(=O)[C@@H](N)Cc1ccccc1. The van der Waals surface area contributed by atoms with Gasteiger partial charge in [0.05, 0.1) is 11.2 Å². The molecule has 0 aromatic heterocycles. The zero-order valence-corrected chi connectivity index (χ0v) is 12.3. The highest BCUT2D eigenvalue weighted by atomic mass is 16.6. The molecule has 124 valence electrons. The first-order valence-corrected chi connectivity index (χ1v) is 6.71. The van der Waals surface area contributed by atoms with Crippen LogP contribution < -0.4 is 5.73 Å². The summed E-state index contributed by atoms with van der Waals surface area (Å²) in [5.41, 5.74) is 6.62. The summed E-state index contributed by atoms with van der Waals surface area (Å²) in [5.74, 6) is -2.76. The molecule has 2 N–H and O–H groups in total. The highest BCUT2D eigenvalue weighted by Crippen LogP contribution is 2.02. The van der Waals surface area contributed by atoms with Crippen LogP contribution in [0, 0.1) is 0 Å². The van der Waals surface area contributed by atoms with Crippen molar-refractivity contribution in [3.8, 4) is 0 Å². The number of methoxy groups -OCH3 is 1. The van der Waals surface area contributed by atoms with E-state index in [0.717, 1.165) is 5.56 Å². The third-order valence-electron chi connectivity index (χ3n) is 2.63. The van der Waals surface area contributed by atoms with E-state index in [4.69, 9.17) is 14.6 Å². The van der Waals surface area contributed by atoms with E-state index < -0.39 is 31.0 Å². The Balaban J connectivity index is 2.23. The average Bonchev–Trinajstić information content (AvgIpc) is 2.56. The van der Waals surface area contributed by atoms with Gasteiger partial charge in [-0.1, -0.05) is 30.3 Å². The fourth-order valence-electron chi connectivity index (χ4n) is 1.56. The number of ether oxygens (including phenoxy) is 3. The second-order valence-electron chi connectivity index (χ2n) is 4.39. The molecule has 0 fully saturated rings. The molecule has 1 rings (SSSR count). The number of rotatable bonds is 8. The molecule has 7 nitrogen and oxygen atoms in total. The number of carbonyl (C=O) groups is 3. The van der Waals surface area contributed by atoms with E-state index in [-0.39, 0.29) is 13.2 Å². The maximum Gasteiger partial charge on any atom is 0.331 e. The minimum atomic E-state index is -2.89. The van der Waals surface area contributed by atoms with Crippen LogP contribution in [0.1, 0.15) is 9.68 Å². The summed E-state index contributed by atoms with van der Waals surface area (Å²) in [4.78, 5) is 34.1. The monoisotopic (exact) mass is 324 g/mol. The Kier molecular flexibility index (Phi) is 6.14. The molecule has 0 aliphatic carbocycles. The van der Waals surface area contributed by atoms with E-state index in [1.54, 1.807) is 0 Å². The molecule has 0 saturated heterocycles. The fraction of sp³-hybridized carbons (Fsp3) is 0.312. The second-order valence-corrected chi connectivity index (χ2v) is 4.39. The summed E-state index contributed by atoms with van der Waals surface area (Å²) < 4.78 is 33.7. The topological polar surface area (TPSA) is 105 Å². The first-order valence-electron chi connectivity index (χ1n) is 8.21. The van der Waals surface area contributed by atoms with E-state index in [1.165, 1.54) is 0 Å². The lowest BCUT2D eigenvalue weighted by Gasteiger charge is -2.11. The van der Waals surface area contributed by atoms with Gasteiger partial charge in [-0.25, -0.2) is 9.59 Å². The zero-order chi connectivity index (χ0) is 19.6. The molecular formula is C16H19NO6. The molecule has 0 amide bonds. The third-order valence-corrected chi connectivity index (χ3v) is 2.63. The van der Waals surface area contributed by atoms with E-state index in [0.29, 0.717) is 18.6 Å². The number of carbonyl (C=O) groups excluding carboxylic acids is 3. The van der Waals surface area contributed by atoms with Crippen molar-refractivity contribution in [3.63, 3.8) is 0 Å². The molecule has 0 spiro atoms. The molecule has 1 aromatic rings. The highest BCUT2D eigenvalue weighted by Gasteiger charge is 2.15. The van der Waals surface area contributed by atoms with E-state index in [1.807, 2.05) is 30.3 Å². The summed E-state index contributed by atoms with van der Waals surface area (Å²) in [6.45, 7) is -0.456. The number of hydrogen-bond donors (Lipinski definition) is 1.